The quantitative estimate of drug-likeness (QED) is 0.854. The summed E-state index contributed by atoms with van der Waals surface area (Å²) in [5.41, 5.74) is 0.495. The molecule has 6 heteroatoms. The van der Waals surface area contributed by atoms with Gasteiger partial charge >= 0.3 is 0 Å². The second-order valence-electron chi connectivity index (χ2n) is 4.57. The van der Waals surface area contributed by atoms with Crippen LogP contribution < -0.4 is 5.56 Å². The molecule has 0 radical (unpaired) electrons. The molecular formula is C11H15NO4S. The second kappa shape index (κ2) is 3.60. The average molecular weight is 257 g/mol. The van der Waals surface area contributed by atoms with E-state index in [1.165, 1.54) is 4.57 Å². The largest absolute Gasteiger partial charge is 0.506 e. The summed E-state index contributed by atoms with van der Waals surface area (Å²) in [6.45, 7) is 3.35. The van der Waals surface area contributed by atoms with Crippen LogP contribution in [0, 0.1) is 13.8 Å². The number of aromatic nitrogens is 1. The highest BCUT2D eigenvalue weighted by molar-refractivity contribution is 7.90. The fourth-order valence-electron chi connectivity index (χ4n) is 1.99. The van der Waals surface area contributed by atoms with E-state index in [0.717, 1.165) is 19.1 Å². The highest BCUT2D eigenvalue weighted by atomic mass is 32.2. The van der Waals surface area contributed by atoms with Gasteiger partial charge in [0.25, 0.3) is 5.56 Å². The zero-order valence-corrected chi connectivity index (χ0v) is 10.8. The van der Waals surface area contributed by atoms with E-state index in [1.807, 2.05) is 0 Å². The van der Waals surface area contributed by atoms with Crippen molar-refractivity contribution in [3.63, 3.8) is 0 Å². The van der Waals surface area contributed by atoms with Gasteiger partial charge in [-0.25, -0.2) is 8.42 Å². The summed E-state index contributed by atoms with van der Waals surface area (Å²) in [6.07, 6.45) is 2.71. The van der Waals surface area contributed by atoms with Crippen molar-refractivity contribution in [3.05, 3.63) is 21.6 Å². The van der Waals surface area contributed by atoms with Gasteiger partial charge in [0.1, 0.15) is 5.75 Å². The Labute approximate surface area is 99.6 Å². The molecule has 0 bridgehead atoms. The Kier molecular flexibility index (Phi) is 2.57. The minimum Gasteiger partial charge on any atom is -0.506 e. The fourth-order valence-corrected chi connectivity index (χ4v) is 2.91. The maximum atomic E-state index is 12.1. The average Bonchev–Trinajstić information content (AvgIpc) is 2.96. The molecule has 94 valence electrons. The Morgan fingerprint density at radius 1 is 1.29 bits per heavy atom. The lowest BCUT2D eigenvalue weighted by Gasteiger charge is -2.15. The Morgan fingerprint density at radius 2 is 1.82 bits per heavy atom. The summed E-state index contributed by atoms with van der Waals surface area (Å²) in [4.78, 5) is 11.6. The van der Waals surface area contributed by atoms with Crippen LogP contribution in [0.15, 0.2) is 9.69 Å². The first kappa shape index (κ1) is 12.2. The zero-order chi connectivity index (χ0) is 13.0. The Morgan fingerprint density at radius 3 is 2.24 bits per heavy atom. The van der Waals surface area contributed by atoms with Gasteiger partial charge in [0.05, 0.1) is 0 Å². The van der Waals surface area contributed by atoms with Crippen LogP contribution in [0.5, 0.6) is 5.75 Å². The van der Waals surface area contributed by atoms with Crippen molar-refractivity contribution in [3.8, 4) is 5.75 Å². The molecule has 1 aliphatic carbocycles. The molecule has 1 aromatic rings. The number of pyridine rings is 1. The normalized spacial score (nSPS) is 16.2. The summed E-state index contributed by atoms with van der Waals surface area (Å²) < 4.78 is 24.6. The first-order valence-corrected chi connectivity index (χ1v) is 7.29. The molecule has 1 heterocycles. The molecule has 0 atom stereocenters. The summed E-state index contributed by atoms with van der Waals surface area (Å²) in [7, 11) is -3.71. The van der Waals surface area contributed by atoms with Crippen molar-refractivity contribution in [2.75, 3.05) is 6.26 Å². The molecule has 1 saturated carbocycles. The van der Waals surface area contributed by atoms with Crippen molar-refractivity contribution in [2.45, 2.75) is 37.6 Å². The Balaban J connectivity index is 2.90. The summed E-state index contributed by atoms with van der Waals surface area (Å²) >= 11 is 0. The van der Waals surface area contributed by atoms with Crippen LogP contribution >= 0.6 is 0 Å². The van der Waals surface area contributed by atoms with Gasteiger partial charge in [0.15, 0.2) is 14.7 Å². The smallest absolute Gasteiger partial charge is 0.273 e. The molecule has 1 fully saturated rings. The van der Waals surface area contributed by atoms with E-state index >= 15 is 0 Å². The molecular weight excluding hydrogens is 242 g/mol. The van der Waals surface area contributed by atoms with Gasteiger partial charge < -0.3 is 9.67 Å². The van der Waals surface area contributed by atoms with Crippen molar-refractivity contribution < 1.29 is 13.5 Å². The first-order valence-electron chi connectivity index (χ1n) is 5.40. The van der Waals surface area contributed by atoms with E-state index in [9.17, 15) is 18.3 Å². The van der Waals surface area contributed by atoms with Gasteiger partial charge in [-0.3, -0.25) is 4.79 Å². The van der Waals surface area contributed by atoms with Gasteiger partial charge in [-0.05, 0) is 26.7 Å². The summed E-state index contributed by atoms with van der Waals surface area (Å²) in [5.74, 6) is -0.410. The van der Waals surface area contributed by atoms with Crippen LogP contribution in [0.25, 0.3) is 0 Å². The highest BCUT2D eigenvalue weighted by Gasteiger charge is 2.31. The van der Waals surface area contributed by atoms with E-state index in [2.05, 4.69) is 0 Å². The maximum absolute atomic E-state index is 12.1. The third-order valence-electron chi connectivity index (χ3n) is 3.17. The second-order valence-corrected chi connectivity index (χ2v) is 6.52. The number of aromatic hydroxyl groups is 1. The molecule has 5 nitrogen and oxygen atoms in total. The molecule has 0 spiro atoms. The van der Waals surface area contributed by atoms with E-state index < -0.39 is 26.0 Å². The molecule has 0 aromatic carbocycles. The predicted octanol–water partition coefficient (Wildman–Crippen LogP) is 0.909. The van der Waals surface area contributed by atoms with Crippen LogP contribution in [-0.4, -0.2) is 24.3 Å². The number of rotatable bonds is 2. The molecule has 0 unspecified atom stereocenters. The monoisotopic (exact) mass is 257 g/mol. The standard InChI is InChI=1S/C11H15NO4S/c1-6-7(2)12(8-4-5-8)11(14)10(9(6)13)17(3,15)16/h8,13H,4-5H2,1-3H3. The van der Waals surface area contributed by atoms with Crippen LogP contribution in [0.3, 0.4) is 0 Å². The summed E-state index contributed by atoms with van der Waals surface area (Å²) in [5, 5.41) is 9.83. The van der Waals surface area contributed by atoms with Crippen LogP contribution in [-0.2, 0) is 9.84 Å². The lowest BCUT2D eigenvalue weighted by atomic mass is 10.2. The number of sulfone groups is 1. The van der Waals surface area contributed by atoms with Crippen LogP contribution in [0.1, 0.15) is 30.1 Å². The molecule has 1 aliphatic rings. The molecule has 0 aliphatic heterocycles. The van der Waals surface area contributed by atoms with Crippen molar-refractivity contribution >= 4 is 9.84 Å². The fraction of sp³-hybridized carbons (Fsp3) is 0.545. The van der Waals surface area contributed by atoms with E-state index in [0.29, 0.717) is 11.3 Å². The third-order valence-corrected chi connectivity index (χ3v) is 4.28. The third kappa shape index (κ3) is 1.86. The summed E-state index contributed by atoms with van der Waals surface area (Å²) in [6, 6.07) is 0.0855. The maximum Gasteiger partial charge on any atom is 0.273 e. The lowest BCUT2D eigenvalue weighted by molar-refractivity contribution is 0.444. The highest BCUT2D eigenvalue weighted by Crippen LogP contribution is 2.37. The van der Waals surface area contributed by atoms with Gasteiger partial charge in [-0.2, -0.15) is 0 Å². The number of hydrogen-bond donors (Lipinski definition) is 1. The topological polar surface area (TPSA) is 76.4 Å². The molecule has 1 N–H and O–H groups in total. The van der Waals surface area contributed by atoms with Gasteiger partial charge in [-0.15, -0.1) is 0 Å². The van der Waals surface area contributed by atoms with E-state index in [-0.39, 0.29) is 6.04 Å². The Hall–Kier alpha value is -1.30. The molecule has 0 saturated heterocycles. The molecule has 0 amide bonds. The Bertz CT molecular complexity index is 638. The number of nitrogens with zero attached hydrogens (tertiary/aromatic N) is 1. The molecule has 1 aromatic heterocycles. The predicted molar refractivity (Wildman–Crippen MR) is 63.2 cm³/mol. The van der Waals surface area contributed by atoms with Gasteiger partial charge in [-0.1, -0.05) is 0 Å². The molecule has 17 heavy (non-hydrogen) atoms. The van der Waals surface area contributed by atoms with E-state index in [4.69, 9.17) is 0 Å². The van der Waals surface area contributed by atoms with Gasteiger partial charge in [0, 0.05) is 23.6 Å². The number of hydrogen-bond acceptors (Lipinski definition) is 4. The minimum absolute atomic E-state index is 0.0855. The van der Waals surface area contributed by atoms with E-state index in [1.54, 1.807) is 13.8 Å². The van der Waals surface area contributed by atoms with Crippen LogP contribution in [0.4, 0.5) is 0 Å². The molecule has 2 rings (SSSR count). The van der Waals surface area contributed by atoms with Crippen molar-refractivity contribution in [2.24, 2.45) is 0 Å². The lowest BCUT2D eigenvalue weighted by Crippen LogP contribution is -2.28. The van der Waals surface area contributed by atoms with Crippen molar-refractivity contribution in [1.29, 1.82) is 0 Å². The van der Waals surface area contributed by atoms with Crippen molar-refractivity contribution in [1.82, 2.24) is 4.57 Å². The van der Waals surface area contributed by atoms with Gasteiger partial charge in [0.2, 0.25) is 0 Å². The first-order chi connectivity index (χ1) is 7.75. The minimum atomic E-state index is -3.71. The SMILES string of the molecule is Cc1c(O)c(S(C)(=O)=O)c(=O)n(C2CC2)c1C. The van der Waals surface area contributed by atoms with Crippen LogP contribution in [0.2, 0.25) is 0 Å². The zero-order valence-electron chi connectivity index (χ0n) is 10.0.